The second kappa shape index (κ2) is 15.0. The fourth-order valence-electron chi connectivity index (χ4n) is 9.73. The number of hydrogen-bond acceptors (Lipinski definition) is 2. The molecule has 10 aromatic carbocycles. The number of nitrogens with zero attached hydrogens (tertiary/aromatic N) is 2. The maximum absolute atomic E-state index is 2.57. The number of anilines is 6. The quantitative estimate of drug-likeness (QED) is 0.122. The Labute approximate surface area is 358 Å². The monoisotopic (exact) mass is 782 g/mol. The van der Waals surface area contributed by atoms with Gasteiger partial charge in [-0.05, 0) is 123 Å². The second-order valence-corrected chi connectivity index (χ2v) is 17.1. The zero-order valence-corrected chi connectivity index (χ0v) is 34.6. The number of rotatable bonds is 6. The van der Waals surface area contributed by atoms with Crippen molar-refractivity contribution in [2.24, 2.45) is 0 Å². The van der Waals surface area contributed by atoms with Gasteiger partial charge in [-0.15, -0.1) is 0 Å². The van der Waals surface area contributed by atoms with E-state index >= 15 is 0 Å². The standard InChI is InChI=1S/C59H46N2/c1-59(2)35-17-24-41-18-9-12-21-44(41)36-47-39-54-55(40-56(47)59)58(61(49-27-7-4-8-28-49)51-34-32-43-20-11-14-23-46(43)38-51)53-30-16-15-29-52(53)57(54)60(48-25-5-3-6-26-48)50-33-31-42-19-10-13-22-45(42)37-50/h3-34,37-40H,35-36H2,1-2H3/b24-17-. The van der Waals surface area contributed by atoms with Gasteiger partial charge in [-0.3, -0.25) is 0 Å². The first-order valence-corrected chi connectivity index (χ1v) is 21.4. The van der Waals surface area contributed by atoms with Gasteiger partial charge in [0.05, 0.1) is 11.4 Å². The van der Waals surface area contributed by atoms with E-state index in [-0.39, 0.29) is 5.41 Å². The van der Waals surface area contributed by atoms with Crippen molar-refractivity contribution < 1.29 is 0 Å². The Morgan fingerprint density at radius 1 is 0.377 bits per heavy atom. The van der Waals surface area contributed by atoms with E-state index in [1.165, 1.54) is 76.7 Å². The summed E-state index contributed by atoms with van der Waals surface area (Å²) in [5, 5.41) is 9.69. The van der Waals surface area contributed by atoms with Crippen LogP contribution in [0.25, 0.3) is 49.2 Å². The van der Waals surface area contributed by atoms with Crippen molar-refractivity contribution in [3.63, 3.8) is 0 Å². The number of allylic oxidation sites excluding steroid dienone is 1. The first kappa shape index (κ1) is 36.6. The molecule has 0 radical (unpaired) electrons. The Morgan fingerprint density at radius 3 is 1.43 bits per heavy atom. The topological polar surface area (TPSA) is 6.48 Å². The lowest BCUT2D eigenvalue weighted by Gasteiger charge is -2.34. The molecule has 0 N–H and O–H groups in total. The highest BCUT2D eigenvalue weighted by Gasteiger charge is 2.30. The van der Waals surface area contributed by atoms with E-state index in [2.05, 4.69) is 242 Å². The predicted molar refractivity (Wildman–Crippen MR) is 262 cm³/mol. The van der Waals surface area contributed by atoms with Crippen LogP contribution in [0, 0.1) is 0 Å². The second-order valence-electron chi connectivity index (χ2n) is 17.1. The summed E-state index contributed by atoms with van der Waals surface area (Å²) in [6.45, 7) is 4.84. The van der Waals surface area contributed by atoms with Crippen molar-refractivity contribution in [3.05, 3.63) is 235 Å². The normalized spacial score (nSPS) is 13.9. The Bertz CT molecular complexity index is 3290. The van der Waals surface area contributed by atoms with Crippen molar-refractivity contribution in [1.29, 1.82) is 0 Å². The predicted octanol–water partition coefficient (Wildman–Crippen LogP) is 16.5. The van der Waals surface area contributed by atoms with Gasteiger partial charge in [-0.25, -0.2) is 0 Å². The van der Waals surface area contributed by atoms with Crippen LogP contribution < -0.4 is 9.80 Å². The van der Waals surface area contributed by atoms with E-state index in [0.717, 1.165) is 35.6 Å². The molecule has 0 aliphatic heterocycles. The van der Waals surface area contributed by atoms with Crippen LogP contribution in [0.4, 0.5) is 34.1 Å². The average Bonchev–Trinajstić information content (AvgIpc) is 3.35. The molecule has 11 rings (SSSR count). The van der Waals surface area contributed by atoms with Crippen LogP contribution >= 0.6 is 0 Å². The molecule has 0 saturated carbocycles. The van der Waals surface area contributed by atoms with Crippen molar-refractivity contribution in [2.75, 3.05) is 9.80 Å². The summed E-state index contributed by atoms with van der Waals surface area (Å²) in [5.74, 6) is 0. The zero-order chi connectivity index (χ0) is 40.9. The van der Waals surface area contributed by atoms with E-state index in [1.807, 2.05) is 0 Å². The third-order valence-corrected chi connectivity index (χ3v) is 12.7. The molecule has 0 spiro atoms. The summed E-state index contributed by atoms with van der Waals surface area (Å²) in [4.78, 5) is 5.01. The molecule has 61 heavy (non-hydrogen) atoms. The summed E-state index contributed by atoms with van der Waals surface area (Å²) >= 11 is 0. The molecule has 0 amide bonds. The van der Waals surface area contributed by atoms with Crippen molar-refractivity contribution in [3.8, 4) is 0 Å². The zero-order valence-electron chi connectivity index (χ0n) is 34.6. The summed E-state index contributed by atoms with van der Waals surface area (Å²) in [6, 6.07) is 76.2. The van der Waals surface area contributed by atoms with Gasteiger partial charge in [-0.1, -0.05) is 172 Å². The lowest BCUT2D eigenvalue weighted by atomic mass is 9.76. The summed E-state index contributed by atoms with van der Waals surface area (Å²) in [5.41, 5.74) is 12.1. The minimum absolute atomic E-state index is 0.136. The van der Waals surface area contributed by atoms with Crippen LogP contribution in [0.2, 0.25) is 0 Å². The fourth-order valence-corrected chi connectivity index (χ4v) is 9.73. The van der Waals surface area contributed by atoms with E-state index in [4.69, 9.17) is 0 Å². The molecule has 2 heteroatoms. The molecule has 0 aromatic heterocycles. The third-order valence-electron chi connectivity index (χ3n) is 12.7. The highest BCUT2D eigenvalue weighted by Crippen LogP contribution is 2.53. The Morgan fingerprint density at radius 2 is 0.852 bits per heavy atom. The molecule has 1 aliphatic carbocycles. The lowest BCUT2D eigenvalue weighted by molar-refractivity contribution is 0.531. The average molecular weight is 783 g/mol. The molecule has 2 nitrogen and oxygen atoms in total. The van der Waals surface area contributed by atoms with Crippen molar-refractivity contribution in [1.82, 2.24) is 0 Å². The molecular weight excluding hydrogens is 737 g/mol. The molecule has 1 aliphatic rings. The van der Waals surface area contributed by atoms with Crippen LogP contribution in [0.5, 0.6) is 0 Å². The molecule has 10 aromatic rings. The highest BCUT2D eigenvalue weighted by molar-refractivity contribution is 6.24. The van der Waals surface area contributed by atoms with Crippen LogP contribution in [0.15, 0.2) is 212 Å². The van der Waals surface area contributed by atoms with E-state index in [9.17, 15) is 0 Å². The van der Waals surface area contributed by atoms with Crippen molar-refractivity contribution in [2.45, 2.75) is 32.1 Å². The molecule has 0 unspecified atom stereocenters. The van der Waals surface area contributed by atoms with Gasteiger partial charge in [0.25, 0.3) is 0 Å². The minimum atomic E-state index is -0.136. The van der Waals surface area contributed by atoms with Gasteiger partial charge < -0.3 is 9.80 Å². The van der Waals surface area contributed by atoms with Gasteiger partial charge in [0.2, 0.25) is 0 Å². The van der Waals surface area contributed by atoms with Gasteiger partial charge >= 0.3 is 0 Å². The van der Waals surface area contributed by atoms with Gasteiger partial charge in [-0.2, -0.15) is 0 Å². The van der Waals surface area contributed by atoms with Gasteiger partial charge in [0.1, 0.15) is 0 Å². The summed E-state index contributed by atoms with van der Waals surface area (Å²) < 4.78 is 0. The van der Waals surface area contributed by atoms with Gasteiger partial charge in [0.15, 0.2) is 0 Å². The first-order valence-electron chi connectivity index (χ1n) is 21.4. The van der Waals surface area contributed by atoms with Crippen LogP contribution in [0.1, 0.15) is 42.5 Å². The molecule has 0 saturated heterocycles. The Kier molecular flexibility index (Phi) is 9.01. The van der Waals surface area contributed by atoms with Crippen LogP contribution in [-0.2, 0) is 11.8 Å². The van der Waals surface area contributed by atoms with E-state index in [0.29, 0.717) is 0 Å². The molecule has 292 valence electrons. The number of fused-ring (bicyclic) bond motifs is 6. The minimum Gasteiger partial charge on any atom is -0.309 e. The molecule has 0 bridgehead atoms. The lowest BCUT2D eigenvalue weighted by Crippen LogP contribution is -2.20. The number of para-hydroxylation sites is 2. The summed E-state index contributed by atoms with van der Waals surface area (Å²) in [6.07, 6.45) is 6.48. The third kappa shape index (κ3) is 6.53. The first-order chi connectivity index (χ1) is 30.0. The smallest absolute Gasteiger partial charge is 0.0620 e. The van der Waals surface area contributed by atoms with E-state index < -0.39 is 0 Å². The SMILES string of the molecule is CC1(C)C/C=C\c2ccccc2Cc2cc3c(N(c4ccccc4)c4ccc5ccccc5c4)c4ccccc4c(N(c4ccccc4)c4ccc5ccccc5c4)c3cc21. The number of hydrogen-bond donors (Lipinski definition) is 0. The Balaban J connectivity index is 1.31. The molecule has 0 heterocycles. The highest BCUT2D eigenvalue weighted by atomic mass is 15.2. The summed E-state index contributed by atoms with van der Waals surface area (Å²) in [7, 11) is 0. The maximum atomic E-state index is 2.57. The van der Waals surface area contributed by atoms with Crippen LogP contribution in [0.3, 0.4) is 0 Å². The Hall–Kier alpha value is -7.42. The van der Waals surface area contributed by atoms with Crippen molar-refractivity contribution >= 4 is 83.3 Å². The number of benzene rings is 10. The van der Waals surface area contributed by atoms with E-state index in [1.54, 1.807) is 0 Å². The van der Waals surface area contributed by atoms with Crippen LogP contribution in [-0.4, -0.2) is 0 Å². The van der Waals surface area contributed by atoms with Gasteiger partial charge in [0, 0.05) is 44.3 Å². The molecular formula is C59H46N2. The largest absolute Gasteiger partial charge is 0.309 e. The fraction of sp³-hybridized carbons (Fsp3) is 0.0847. The molecule has 0 atom stereocenters. The molecule has 0 fully saturated rings. The maximum Gasteiger partial charge on any atom is 0.0620 e.